The SMILES string of the molecule is CC(F)(CN)Cc1nc(C(C)(C)C)cs1. The maximum atomic E-state index is 13.7. The highest BCUT2D eigenvalue weighted by atomic mass is 32.1. The Morgan fingerprint density at radius 2 is 2.00 bits per heavy atom. The van der Waals surface area contributed by atoms with Crippen molar-refractivity contribution in [1.29, 1.82) is 0 Å². The Kier molecular flexibility index (Phi) is 3.51. The molecular weight excluding hydrogens is 211 g/mol. The molecular formula is C11H19FN2S. The van der Waals surface area contributed by atoms with Gasteiger partial charge in [-0.25, -0.2) is 9.37 Å². The van der Waals surface area contributed by atoms with E-state index in [1.807, 2.05) is 5.38 Å². The van der Waals surface area contributed by atoms with E-state index in [-0.39, 0.29) is 12.0 Å². The molecule has 2 nitrogen and oxygen atoms in total. The molecule has 0 fully saturated rings. The Morgan fingerprint density at radius 1 is 1.40 bits per heavy atom. The van der Waals surface area contributed by atoms with Gasteiger partial charge in [0.15, 0.2) is 0 Å². The quantitative estimate of drug-likeness (QED) is 0.867. The zero-order valence-corrected chi connectivity index (χ0v) is 10.6. The average molecular weight is 230 g/mol. The van der Waals surface area contributed by atoms with Gasteiger partial charge in [0.25, 0.3) is 0 Å². The fraction of sp³-hybridized carbons (Fsp3) is 0.727. The van der Waals surface area contributed by atoms with Crippen LogP contribution in [0.15, 0.2) is 5.38 Å². The summed E-state index contributed by atoms with van der Waals surface area (Å²) in [7, 11) is 0. The monoisotopic (exact) mass is 230 g/mol. The molecule has 0 spiro atoms. The highest BCUT2D eigenvalue weighted by Crippen LogP contribution is 2.26. The van der Waals surface area contributed by atoms with Gasteiger partial charge in [-0.05, 0) is 6.92 Å². The number of thiazole rings is 1. The van der Waals surface area contributed by atoms with E-state index in [0.29, 0.717) is 6.42 Å². The van der Waals surface area contributed by atoms with Crippen molar-refractivity contribution in [3.63, 3.8) is 0 Å². The van der Waals surface area contributed by atoms with Crippen LogP contribution in [0.2, 0.25) is 0 Å². The van der Waals surface area contributed by atoms with E-state index in [1.165, 1.54) is 18.3 Å². The molecule has 0 aliphatic heterocycles. The molecule has 0 radical (unpaired) electrons. The van der Waals surface area contributed by atoms with Gasteiger partial charge in [0.2, 0.25) is 0 Å². The molecule has 1 aromatic rings. The number of hydrogen-bond acceptors (Lipinski definition) is 3. The summed E-state index contributed by atoms with van der Waals surface area (Å²) in [5.41, 5.74) is 5.06. The Labute approximate surface area is 94.7 Å². The van der Waals surface area contributed by atoms with Crippen LogP contribution < -0.4 is 5.73 Å². The third kappa shape index (κ3) is 3.54. The lowest BCUT2D eigenvalue weighted by Gasteiger charge is -2.16. The van der Waals surface area contributed by atoms with Crippen molar-refractivity contribution < 1.29 is 4.39 Å². The highest BCUT2D eigenvalue weighted by molar-refractivity contribution is 7.09. The first-order valence-electron chi connectivity index (χ1n) is 5.08. The number of aromatic nitrogens is 1. The molecule has 1 heterocycles. The molecule has 4 heteroatoms. The van der Waals surface area contributed by atoms with E-state index in [1.54, 1.807) is 0 Å². The van der Waals surface area contributed by atoms with E-state index in [0.717, 1.165) is 10.7 Å². The van der Waals surface area contributed by atoms with E-state index >= 15 is 0 Å². The molecule has 1 rings (SSSR count). The third-order valence-corrected chi connectivity index (χ3v) is 3.11. The van der Waals surface area contributed by atoms with Gasteiger partial charge < -0.3 is 5.73 Å². The van der Waals surface area contributed by atoms with Crippen molar-refractivity contribution >= 4 is 11.3 Å². The van der Waals surface area contributed by atoms with Crippen LogP contribution in [0.5, 0.6) is 0 Å². The van der Waals surface area contributed by atoms with Crippen LogP contribution in [-0.2, 0) is 11.8 Å². The molecule has 0 aliphatic carbocycles. The Bertz CT molecular complexity index is 326. The van der Waals surface area contributed by atoms with Crippen LogP contribution in [0.3, 0.4) is 0 Å². The zero-order chi connectivity index (χ0) is 11.7. The molecule has 15 heavy (non-hydrogen) atoms. The van der Waals surface area contributed by atoms with Crippen molar-refractivity contribution in [3.8, 4) is 0 Å². The third-order valence-electron chi connectivity index (χ3n) is 2.27. The second-order valence-electron chi connectivity index (χ2n) is 5.17. The number of alkyl halides is 1. The minimum absolute atomic E-state index is 0.0319. The van der Waals surface area contributed by atoms with Gasteiger partial charge in [-0.3, -0.25) is 0 Å². The van der Waals surface area contributed by atoms with Gasteiger partial charge in [0, 0.05) is 23.8 Å². The molecule has 2 N–H and O–H groups in total. The molecule has 1 atom stereocenters. The minimum atomic E-state index is -1.34. The van der Waals surface area contributed by atoms with E-state index in [4.69, 9.17) is 5.73 Å². The summed E-state index contributed by atoms with van der Waals surface area (Å²) >= 11 is 1.51. The molecule has 0 amide bonds. The predicted octanol–water partition coefficient (Wildman–Crippen LogP) is 2.67. The van der Waals surface area contributed by atoms with Gasteiger partial charge in [0.05, 0.1) is 10.7 Å². The van der Waals surface area contributed by atoms with Gasteiger partial charge in [-0.2, -0.15) is 0 Å². The second kappa shape index (κ2) is 4.18. The van der Waals surface area contributed by atoms with E-state index in [9.17, 15) is 4.39 Å². The molecule has 1 unspecified atom stereocenters. The van der Waals surface area contributed by atoms with Crippen LogP contribution >= 0.6 is 11.3 Å². The maximum Gasteiger partial charge on any atom is 0.126 e. The molecule has 0 aliphatic rings. The smallest absolute Gasteiger partial charge is 0.126 e. The summed E-state index contributed by atoms with van der Waals surface area (Å²) in [6.45, 7) is 7.86. The normalized spacial score (nSPS) is 16.4. The summed E-state index contributed by atoms with van der Waals surface area (Å²) in [6, 6.07) is 0. The number of nitrogens with two attached hydrogens (primary N) is 1. The lowest BCUT2D eigenvalue weighted by Crippen LogP contribution is -2.31. The van der Waals surface area contributed by atoms with Gasteiger partial charge >= 0.3 is 0 Å². The Balaban J connectivity index is 2.78. The van der Waals surface area contributed by atoms with Crippen molar-refractivity contribution in [2.45, 2.75) is 45.2 Å². The fourth-order valence-electron chi connectivity index (χ4n) is 1.12. The predicted molar refractivity (Wildman–Crippen MR) is 63.1 cm³/mol. The van der Waals surface area contributed by atoms with Crippen molar-refractivity contribution in [2.75, 3.05) is 6.54 Å². The van der Waals surface area contributed by atoms with Crippen LogP contribution in [0.25, 0.3) is 0 Å². The zero-order valence-electron chi connectivity index (χ0n) is 9.80. The van der Waals surface area contributed by atoms with Gasteiger partial charge in [0.1, 0.15) is 5.67 Å². The minimum Gasteiger partial charge on any atom is -0.328 e. The summed E-state index contributed by atoms with van der Waals surface area (Å²) in [4.78, 5) is 4.44. The molecule has 86 valence electrons. The number of halogens is 1. The van der Waals surface area contributed by atoms with Crippen molar-refractivity contribution in [3.05, 3.63) is 16.1 Å². The molecule has 0 aromatic carbocycles. The Hall–Kier alpha value is -0.480. The summed E-state index contributed by atoms with van der Waals surface area (Å²) < 4.78 is 13.7. The second-order valence-corrected chi connectivity index (χ2v) is 6.11. The molecule has 0 saturated carbocycles. The fourth-order valence-corrected chi connectivity index (χ4v) is 2.31. The topological polar surface area (TPSA) is 38.9 Å². The van der Waals surface area contributed by atoms with Gasteiger partial charge in [-0.1, -0.05) is 20.8 Å². The largest absolute Gasteiger partial charge is 0.328 e. The number of hydrogen-bond donors (Lipinski definition) is 1. The maximum absolute atomic E-state index is 13.7. The van der Waals surface area contributed by atoms with E-state index in [2.05, 4.69) is 25.8 Å². The van der Waals surface area contributed by atoms with Crippen LogP contribution in [-0.4, -0.2) is 17.2 Å². The van der Waals surface area contributed by atoms with Crippen LogP contribution in [0.4, 0.5) is 4.39 Å². The standard InChI is InChI=1S/C11H19FN2S/c1-10(2,3)8-6-15-9(14-8)5-11(4,12)7-13/h6H,5,7,13H2,1-4H3. The van der Waals surface area contributed by atoms with Gasteiger partial charge in [-0.15, -0.1) is 11.3 Å². The van der Waals surface area contributed by atoms with Crippen molar-refractivity contribution in [1.82, 2.24) is 4.98 Å². The highest BCUT2D eigenvalue weighted by Gasteiger charge is 2.25. The van der Waals surface area contributed by atoms with Crippen LogP contribution in [0, 0.1) is 0 Å². The summed E-state index contributed by atoms with van der Waals surface area (Å²) in [5.74, 6) is 0. The van der Waals surface area contributed by atoms with Crippen molar-refractivity contribution in [2.24, 2.45) is 5.73 Å². The average Bonchev–Trinajstić information content (AvgIpc) is 2.51. The van der Waals surface area contributed by atoms with E-state index < -0.39 is 5.67 Å². The first-order valence-corrected chi connectivity index (χ1v) is 5.96. The van der Waals surface area contributed by atoms with Crippen LogP contribution in [0.1, 0.15) is 38.4 Å². The summed E-state index contributed by atoms with van der Waals surface area (Å²) in [5, 5.41) is 2.83. The molecule has 0 saturated heterocycles. The number of rotatable bonds is 3. The number of nitrogens with zero attached hydrogens (tertiary/aromatic N) is 1. The first-order chi connectivity index (χ1) is 6.74. The lowest BCUT2D eigenvalue weighted by molar-refractivity contribution is 0.200. The summed E-state index contributed by atoms with van der Waals surface area (Å²) in [6.07, 6.45) is 0.310. The lowest BCUT2D eigenvalue weighted by atomic mass is 9.93. The first kappa shape index (κ1) is 12.6. The molecule has 0 bridgehead atoms. The molecule has 1 aromatic heterocycles. The Morgan fingerprint density at radius 3 is 2.40 bits per heavy atom.